The third-order valence-corrected chi connectivity index (χ3v) is 6.74. The van der Waals surface area contributed by atoms with Crippen LogP contribution in [0.3, 0.4) is 0 Å². The van der Waals surface area contributed by atoms with Gasteiger partial charge in [-0.1, -0.05) is 22.0 Å². The number of carbonyl (C=O) groups is 1. The molecule has 1 fully saturated rings. The quantitative estimate of drug-likeness (QED) is 0.765. The first-order valence-corrected chi connectivity index (χ1v) is 9.57. The van der Waals surface area contributed by atoms with Gasteiger partial charge in [0.1, 0.15) is 5.82 Å². The summed E-state index contributed by atoms with van der Waals surface area (Å²) in [4.78, 5) is 12.5. The van der Waals surface area contributed by atoms with Gasteiger partial charge in [0.15, 0.2) is 14.6 Å². The van der Waals surface area contributed by atoms with E-state index in [0.29, 0.717) is 23.1 Å². The normalized spacial score (nSPS) is 17.2. The summed E-state index contributed by atoms with van der Waals surface area (Å²) in [5.41, 5.74) is 0.687. The van der Waals surface area contributed by atoms with Crippen LogP contribution in [0.2, 0.25) is 0 Å². The molecule has 5 nitrogen and oxygen atoms in total. The number of piperidine rings is 1. The van der Waals surface area contributed by atoms with Gasteiger partial charge in [0, 0.05) is 17.3 Å². The summed E-state index contributed by atoms with van der Waals surface area (Å²) < 4.78 is 36.5. The topological polar surface area (TPSA) is 75.3 Å². The van der Waals surface area contributed by atoms with Crippen molar-refractivity contribution in [2.75, 3.05) is 19.3 Å². The standard InChI is InChI=1S/C14H18BrFN2O3S.ClH/c1-22(20,21)14(4-6-17-7-5-14)13(19)18-9-10-2-3-11(16)8-12(10)15;/h2-3,8,17H,4-7,9H2,1H3,(H,18,19);1H. The zero-order valence-corrected chi connectivity index (χ0v) is 15.8. The molecule has 1 saturated heterocycles. The number of hydrogen-bond donors (Lipinski definition) is 2. The van der Waals surface area contributed by atoms with E-state index in [1.807, 2.05) is 0 Å². The summed E-state index contributed by atoms with van der Waals surface area (Å²) in [6.07, 6.45) is 1.61. The van der Waals surface area contributed by atoms with Crippen LogP contribution in [0.15, 0.2) is 22.7 Å². The third kappa shape index (κ3) is 4.43. The second kappa shape index (κ2) is 7.92. The molecule has 0 aliphatic carbocycles. The Kier molecular flexibility index (Phi) is 7.00. The van der Waals surface area contributed by atoms with Crippen LogP contribution in [0.4, 0.5) is 4.39 Å². The summed E-state index contributed by atoms with van der Waals surface area (Å²) in [6.45, 7) is 1.12. The van der Waals surface area contributed by atoms with Gasteiger partial charge >= 0.3 is 0 Å². The lowest BCUT2D eigenvalue weighted by Gasteiger charge is -2.34. The van der Waals surface area contributed by atoms with E-state index >= 15 is 0 Å². The lowest BCUT2D eigenvalue weighted by Crippen LogP contribution is -2.57. The monoisotopic (exact) mass is 428 g/mol. The second-order valence-corrected chi connectivity index (χ2v) is 8.62. The molecule has 0 saturated carbocycles. The van der Waals surface area contributed by atoms with Gasteiger partial charge < -0.3 is 10.6 Å². The maximum absolute atomic E-state index is 13.1. The number of carbonyl (C=O) groups excluding carboxylic acids is 1. The number of amides is 1. The molecule has 1 heterocycles. The zero-order chi connectivity index (χ0) is 16.4. The average Bonchev–Trinajstić information content (AvgIpc) is 2.45. The van der Waals surface area contributed by atoms with Gasteiger partial charge in [0.25, 0.3) is 0 Å². The van der Waals surface area contributed by atoms with Gasteiger partial charge in [-0.25, -0.2) is 12.8 Å². The molecule has 9 heteroatoms. The van der Waals surface area contributed by atoms with Crippen molar-refractivity contribution >= 4 is 44.1 Å². The van der Waals surface area contributed by atoms with E-state index in [9.17, 15) is 17.6 Å². The molecular weight excluding hydrogens is 411 g/mol. The molecule has 23 heavy (non-hydrogen) atoms. The Morgan fingerprint density at radius 1 is 1.39 bits per heavy atom. The molecule has 2 N–H and O–H groups in total. The minimum absolute atomic E-state index is 0. The molecule has 0 spiro atoms. The highest BCUT2D eigenvalue weighted by Crippen LogP contribution is 2.28. The van der Waals surface area contributed by atoms with Crippen molar-refractivity contribution in [1.82, 2.24) is 10.6 Å². The van der Waals surface area contributed by atoms with Crippen molar-refractivity contribution in [2.45, 2.75) is 24.1 Å². The number of nitrogens with one attached hydrogen (secondary N) is 2. The van der Waals surface area contributed by atoms with E-state index in [0.717, 1.165) is 6.26 Å². The van der Waals surface area contributed by atoms with Crippen molar-refractivity contribution in [1.29, 1.82) is 0 Å². The molecule has 0 unspecified atom stereocenters. The molecule has 0 radical (unpaired) electrons. The lowest BCUT2D eigenvalue weighted by atomic mass is 9.95. The first-order chi connectivity index (χ1) is 10.3. The summed E-state index contributed by atoms with van der Waals surface area (Å²) in [6, 6.07) is 4.15. The van der Waals surface area contributed by atoms with Crippen LogP contribution in [0.25, 0.3) is 0 Å². The molecule has 130 valence electrons. The lowest BCUT2D eigenvalue weighted by molar-refractivity contribution is -0.124. The van der Waals surface area contributed by atoms with Crippen LogP contribution >= 0.6 is 28.3 Å². The number of sulfone groups is 1. The Hall–Kier alpha value is -0.700. The van der Waals surface area contributed by atoms with E-state index in [-0.39, 0.29) is 37.6 Å². The SMILES string of the molecule is CS(=O)(=O)C1(C(=O)NCc2ccc(F)cc2Br)CCNCC1.Cl. The summed E-state index contributed by atoms with van der Waals surface area (Å²) >= 11 is 3.23. The largest absolute Gasteiger partial charge is 0.351 e. The highest BCUT2D eigenvalue weighted by molar-refractivity contribution is 9.10. The minimum atomic E-state index is -3.53. The van der Waals surface area contributed by atoms with Gasteiger partial charge in [-0.05, 0) is 43.6 Å². The van der Waals surface area contributed by atoms with E-state index in [1.54, 1.807) is 6.07 Å². The smallest absolute Gasteiger partial charge is 0.241 e. The molecule has 1 amide bonds. The fourth-order valence-corrected chi connectivity index (χ4v) is 4.44. The van der Waals surface area contributed by atoms with Gasteiger partial charge in [-0.2, -0.15) is 0 Å². The molecule has 2 rings (SSSR count). The van der Waals surface area contributed by atoms with Crippen molar-refractivity contribution in [3.05, 3.63) is 34.1 Å². The summed E-state index contributed by atoms with van der Waals surface area (Å²) in [5.74, 6) is -0.874. The van der Waals surface area contributed by atoms with Gasteiger partial charge in [-0.15, -0.1) is 12.4 Å². The predicted octanol–water partition coefficient (Wildman–Crippen LogP) is 1.79. The van der Waals surface area contributed by atoms with Crippen LogP contribution in [0, 0.1) is 5.82 Å². The number of hydrogen-bond acceptors (Lipinski definition) is 4. The Balaban J connectivity index is 0.00000264. The molecule has 0 aromatic heterocycles. The fourth-order valence-electron chi connectivity index (χ4n) is 2.60. The van der Waals surface area contributed by atoms with Crippen LogP contribution in [-0.2, 0) is 21.2 Å². The van der Waals surface area contributed by atoms with Crippen molar-refractivity contribution in [2.24, 2.45) is 0 Å². The molecule has 1 aliphatic rings. The molecule has 0 bridgehead atoms. The Morgan fingerprint density at radius 3 is 2.52 bits per heavy atom. The zero-order valence-electron chi connectivity index (χ0n) is 12.6. The highest BCUT2D eigenvalue weighted by Gasteiger charge is 2.48. The van der Waals surface area contributed by atoms with Crippen LogP contribution in [0.1, 0.15) is 18.4 Å². The minimum Gasteiger partial charge on any atom is -0.351 e. The average molecular weight is 430 g/mol. The van der Waals surface area contributed by atoms with E-state index in [4.69, 9.17) is 0 Å². The summed E-state index contributed by atoms with van der Waals surface area (Å²) in [5, 5.41) is 5.74. The Morgan fingerprint density at radius 2 is 2.00 bits per heavy atom. The van der Waals surface area contributed by atoms with E-state index in [1.165, 1.54) is 12.1 Å². The maximum Gasteiger partial charge on any atom is 0.241 e. The van der Waals surface area contributed by atoms with Crippen molar-refractivity contribution < 1.29 is 17.6 Å². The Labute approximate surface area is 149 Å². The first-order valence-electron chi connectivity index (χ1n) is 6.89. The Bertz CT molecular complexity index is 679. The predicted molar refractivity (Wildman–Crippen MR) is 92.9 cm³/mol. The van der Waals surface area contributed by atoms with Gasteiger partial charge in [-0.3, -0.25) is 4.79 Å². The van der Waals surface area contributed by atoms with E-state index < -0.39 is 20.5 Å². The van der Waals surface area contributed by atoms with Crippen LogP contribution in [0.5, 0.6) is 0 Å². The van der Waals surface area contributed by atoms with Crippen molar-refractivity contribution in [3.63, 3.8) is 0 Å². The van der Waals surface area contributed by atoms with Crippen LogP contribution in [-0.4, -0.2) is 38.4 Å². The molecule has 1 aliphatic heterocycles. The molecule has 1 aromatic rings. The summed E-state index contributed by atoms with van der Waals surface area (Å²) in [7, 11) is -3.53. The van der Waals surface area contributed by atoms with E-state index in [2.05, 4.69) is 26.6 Å². The van der Waals surface area contributed by atoms with Gasteiger partial charge in [0.2, 0.25) is 5.91 Å². The first kappa shape index (κ1) is 20.3. The highest BCUT2D eigenvalue weighted by atomic mass is 79.9. The molecular formula is C14H19BrClFN2O3S. The number of benzene rings is 1. The third-order valence-electron chi connectivity index (χ3n) is 3.99. The fraction of sp³-hybridized carbons (Fsp3) is 0.500. The number of halogens is 3. The number of rotatable bonds is 4. The van der Waals surface area contributed by atoms with Gasteiger partial charge in [0.05, 0.1) is 0 Å². The molecule has 1 aromatic carbocycles. The van der Waals surface area contributed by atoms with Crippen LogP contribution < -0.4 is 10.6 Å². The maximum atomic E-state index is 13.1. The second-order valence-electron chi connectivity index (χ2n) is 5.43. The molecule has 0 atom stereocenters. The van der Waals surface area contributed by atoms with Crippen molar-refractivity contribution in [3.8, 4) is 0 Å².